The fourth-order valence-electron chi connectivity index (χ4n) is 4.61. The molecule has 224 valence electrons. The molecule has 0 amide bonds. The topological polar surface area (TPSA) is 90.9 Å². The minimum Gasteiger partial charge on any atom is -0.373 e. The number of hydrogen-bond donors (Lipinski definition) is 0. The molecule has 1 fully saturated rings. The molecule has 0 spiro atoms. The van der Waals surface area contributed by atoms with Crippen LogP contribution in [0.5, 0.6) is 0 Å². The van der Waals surface area contributed by atoms with Gasteiger partial charge in [0.15, 0.2) is 6.29 Å². The van der Waals surface area contributed by atoms with Crippen LogP contribution in [0.1, 0.15) is 49.4 Å². The maximum atomic E-state index is 13.8. The molecular weight excluding hydrogens is 557 g/mol. The number of aromatic nitrogens is 2. The first kappa shape index (κ1) is 31.5. The molecule has 3 aromatic rings. The van der Waals surface area contributed by atoms with Crippen LogP contribution in [0.25, 0.3) is 17.3 Å². The third kappa shape index (κ3) is 8.32. The predicted octanol–water partition coefficient (Wildman–Crippen LogP) is 6.11. The second-order valence-electron chi connectivity index (χ2n) is 10.5. The lowest BCUT2D eigenvalue weighted by Gasteiger charge is -2.34. The van der Waals surface area contributed by atoms with Gasteiger partial charge in [-0.05, 0) is 35.7 Å². The lowest BCUT2D eigenvalue weighted by Crippen LogP contribution is -2.37. The van der Waals surface area contributed by atoms with Crippen LogP contribution in [0.15, 0.2) is 73.3 Å². The Kier molecular flexibility index (Phi) is 10.6. The van der Waals surface area contributed by atoms with E-state index in [0.29, 0.717) is 48.6 Å². The van der Waals surface area contributed by atoms with Crippen molar-refractivity contribution in [1.29, 1.82) is 0 Å². The number of benzene rings is 2. The molecule has 2 aromatic carbocycles. The maximum absolute atomic E-state index is 13.8. The first-order valence-electron chi connectivity index (χ1n) is 13.9. The molecule has 0 bridgehead atoms. The van der Waals surface area contributed by atoms with Gasteiger partial charge < -0.3 is 14.2 Å². The van der Waals surface area contributed by atoms with E-state index in [1.807, 2.05) is 56.3 Å². The molecule has 0 radical (unpaired) electrons. The van der Waals surface area contributed by atoms with E-state index in [1.54, 1.807) is 18.2 Å². The van der Waals surface area contributed by atoms with Crippen LogP contribution in [0, 0.1) is 5.82 Å². The Morgan fingerprint density at radius 1 is 1.10 bits per heavy atom. The molecule has 8 nitrogen and oxygen atoms in total. The van der Waals surface area contributed by atoms with Crippen molar-refractivity contribution in [2.45, 2.75) is 57.7 Å². The number of nitrogens with zero attached hydrogens (tertiary/aromatic N) is 3. The molecule has 0 N–H and O–H groups in total. The summed E-state index contributed by atoms with van der Waals surface area (Å²) >= 11 is 0. The van der Waals surface area contributed by atoms with Gasteiger partial charge >= 0.3 is 0 Å². The number of sulfonamides is 1. The molecule has 42 heavy (non-hydrogen) atoms. The molecule has 4 rings (SSSR count). The van der Waals surface area contributed by atoms with E-state index in [9.17, 15) is 12.8 Å². The van der Waals surface area contributed by atoms with Crippen LogP contribution in [0.3, 0.4) is 0 Å². The van der Waals surface area contributed by atoms with Crippen LogP contribution >= 0.6 is 0 Å². The number of rotatable bonds is 12. The number of hydrogen-bond acceptors (Lipinski definition) is 7. The highest BCUT2D eigenvalue weighted by Crippen LogP contribution is 2.33. The standard InChI is InChI=1S/C32H38FN3O5S/c1-6-18-39-29-20-27(40-21-23-10-8-7-9-11-23)19-26(41-29)16-17-28-30(22(2)3)34-32(36(4)42(5,37)38)35-31(28)24-12-14-25(33)15-13-24/h6-17,22,26-27,29H,1,18-21H2,2-5H3/b17-16+/t26-,27?,29?/m1/s1. The Labute approximate surface area is 247 Å². The number of halogens is 1. The highest BCUT2D eigenvalue weighted by Gasteiger charge is 2.30. The Morgan fingerprint density at radius 3 is 2.45 bits per heavy atom. The van der Waals surface area contributed by atoms with Crippen molar-refractivity contribution >= 4 is 22.0 Å². The van der Waals surface area contributed by atoms with E-state index in [2.05, 4.69) is 16.5 Å². The van der Waals surface area contributed by atoms with E-state index in [4.69, 9.17) is 14.2 Å². The summed E-state index contributed by atoms with van der Waals surface area (Å²) in [6, 6.07) is 15.9. The van der Waals surface area contributed by atoms with Gasteiger partial charge in [0.2, 0.25) is 16.0 Å². The average Bonchev–Trinajstić information content (AvgIpc) is 2.97. The summed E-state index contributed by atoms with van der Waals surface area (Å²) in [6.45, 7) is 8.51. The molecule has 3 atom stereocenters. The molecular formula is C32H38FN3O5S. The van der Waals surface area contributed by atoms with E-state index < -0.39 is 16.3 Å². The quantitative estimate of drug-likeness (QED) is 0.234. The van der Waals surface area contributed by atoms with Crippen molar-refractivity contribution in [2.24, 2.45) is 0 Å². The van der Waals surface area contributed by atoms with Gasteiger partial charge in [-0.15, -0.1) is 6.58 Å². The summed E-state index contributed by atoms with van der Waals surface area (Å²) in [5.41, 5.74) is 3.55. The smallest absolute Gasteiger partial charge is 0.239 e. The lowest BCUT2D eigenvalue weighted by atomic mass is 9.96. The summed E-state index contributed by atoms with van der Waals surface area (Å²) in [4.78, 5) is 9.29. The van der Waals surface area contributed by atoms with Crippen LogP contribution < -0.4 is 4.31 Å². The number of anilines is 1. The Bertz CT molecular complexity index is 1480. The normalized spacial score (nSPS) is 19.3. The van der Waals surface area contributed by atoms with Crippen molar-refractivity contribution in [1.82, 2.24) is 9.97 Å². The van der Waals surface area contributed by atoms with Crippen molar-refractivity contribution in [3.63, 3.8) is 0 Å². The second-order valence-corrected chi connectivity index (χ2v) is 12.6. The minimum atomic E-state index is -3.62. The number of ether oxygens (including phenoxy) is 3. The summed E-state index contributed by atoms with van der Waals surface area (Å²) in [6.07, 6.45) is 6.87. The van der Waals surface area contributed by atoms with Crippen molar-refractivity contribution in [3.8, 4) is 11.3 Å². The van der Waals surface area contributed by atoms with Crippen LogP contribution in [-0.4, -0.2) is 56.8 Å². The zero-order chi connectivity index (χ0) is 30.3. The Morgan fingerprint density at radius 2 is 1.81 bits per heavy atom. The molecule has 1 aliphatic heterocycles. The lowest BCUT2D eigenvalue weighted by molar-refractivity contribution is -0.207. The zero-order valence-electron chi connectivity index (χ0n) is 24.4. The van der Waals surface area contributed by atoms with Crippen molar-refractivity contribution in [2.75, 3.05) is 24.2 Å². The Balaban J connectivity index is 1.69. The molecule has 0 aliphatic carbocycles. The van der Waals surface area contributed by atoms with Gasteiger partial charge in [0.1, 0.15) is 5.82 Å². The second kappa shape index (κ2) is 14.2. The minimum absolute atomic E-state index is 0.0406. The molecule has 10 heteroatoms. The largest absolute Gasteiger partial charge is 0.373 e. The third-order valence-electron chi connectivity index (χ3n) is 6.89. The van der Waals surface area contributed by atoms with Crippen LogP contribution in [-0.2, 0) is 30.8 Å². The molecule has 0 saturated carbocycles. The van der Waals surface area contributed by atoms with Gasteiger partial charge in [-0.25, -0.2) is 27.1 Å². The van der Waals surface area contributed by atoms with E-state index in [1.165, 1.54) is 19.2 Å². The van der Waals surface area contributed by atoms with Gasteiger partial charge in [-0.3, -0.25) is 0 Å². The zero-order valence-corrected chi connectivity index (χ0v) is 25.3. The van der Waals surface area contributed by atoms with Crippen molar-refractivity contribution < 1.29 is 27.0 Å². The van der Waals surface area contributed by atoms with Crippen LogP contribution in [0.2, 0.25) is 0 Å². The molecule has 2 heterocycles. The average molecular weight is 596 g/mol. The highest BCUT2D eigenvalue weighted by molar-refractivity contribution is 7.92. The summed E-state index contributed by atoms with van der Waals surface area (Å²) < 4.78 is 57.9. The fraction of sp³-hybridized carbons (Fsp3) is 0.375. The highest BCUT2D eigenvalue weighted by atomic mass is 32.2. The molecule has 1 saturated heterocycles. The third-order valence-corrected chi connectivity index (χ3v) is 8.05. The predicted molar refractivity (Wildman–Crippen MR) is 163 cm³/mol. The van der Waals surface area contributed by atoms with Gasteiger partial charge in [-0.1, -0.05) is 62.4 Å². The molecule has 1 aliphatic rings. The summed E-state index contributed by atoms with van der Waals surface area (Å²) in [5.74, 6) is -0.416. The SMILES string of the molecule is C=CCOC1CC(OCc2ccccc2)C[C@@H](/C=C/c2c(-c3ccc(F)cc3)nc(N(C)S(C)(=O)=O)nc2C(C)C)O1. The van der Waals surface area contributed by atoms with Gasteiger partial charge in [0.25, 0.3) is 0 Å². The van der Waals surface area contributed by atoms with E-state index >= 15 is 0 Å². The maximum Gasteiger partial charge on any atom is 0.239 e. The van der Waals surface area contributed by atoms with Gasteiger partial charge in [-0.2, -0.15) is 0 Å². The van der Waals surface area contributed by atoms with Crippen LogP contribution in [0.4, 0.5) is 10.3 Å². The molecule has 2 unspecified atom stereocenters. The van der Waals surface area contributed by atoms with Crippen molar-refractivity contribution in [3.05, 3.63) is 96.0 Å². The van der Waals surface area contributed by atoms with Gasteiger partial charge in [0.05, 0.1) is 43.1 Å². The van der Waals surface area contributed by atoms with E-state index in [0.717, 1.165) is 16.1 Å². The summed E-state index contributed by atoms with van der Waals surface area (Å²) in [7, 11) is -2.21. The monoisotopic (exact) mass is 595 g/mol. The Hall–Kier alpha value is -3.44. The van der Waals surface area contributed by atoms with Gasteiger partial charge in [0, 0.05) is 31.0 Å². The summed E-state index contributed by atoms with van der Waals surface area (Å²) in [5, 5.41) is 0. The molecule has 1 aromatic heterocycles. The first-order chi connectivity index (χ1) is 20.0. The first-order valence-corrected chi connectivity index (χ1v) is 15.7. The van der Waals surface area contributed by atoms with E-state index in [-0.39, 0.29) is 29.9 Å². The fourth-order valence-corrected chi connectivity index (χ4v) is 4.98.